The van der Waals surface area contributed by atoms with Crippen molar-refractivity contribution in [3.8, 4) is 17.2 Å². The van der Waals surface area contributed by atoms with Gasteiger partial charge < -0.3 is 19.2 Å². The number of nitrogens with one attached hydrogen (secondary N) is 1. The maximum absolute atomic E-state index is 13.3. The number of hydrogen-bond donors (Lipinski definition) is 1. The zero-order valence-electron chi connectivity index (χ0n) is 23.1. The van der Waals surface area contributed by atoms with Crippen LogP contribution >= 0.6 is 11.8 Å². The molecule has 0 spiro atoms. The summed E-state index contributed by atoms with van der Waals surface area (Å²) in [5, 5.41) is 11.4. The molecule has 41 heavy (non-hydrogen) atoms. The van der Waals surface area contributed by atoms with Crippen molar-refractivity contribution in [2.45, 2.75) is 37.4 Å². The summed E-state index contributed by atoms with van der Waals surface area (Å²) in [5.74, 6) is 2.33. The van der Waals surface area contributed by atoms with Gasteiger partial charge in [0, 0.05) is 7.05 Å². The number of benzene rings is 2. The van der Waals surface area contributed by atoms with Gasteiger partial charge in [0.05, 0.1) is 36.5 Å². The molecular formula is C29H30N6O5S. The van der Waals surface area contributed by atoms with Crippen LogP contribution in [0.3, 0.4) is 0 Å². The van der Waals surface area contributed by atoms with Crippen molar-refractivity contribution in [1.29, 1.82) is 0 Å². The summed E-state index contributed by atoms with van der Waals surface area (Å²) in [4.78, 5) is 26.5. The molecule has 0 saturated heterocycles. The zero-order valence-corrected chi connectivity index (χ0v) is 23.9. The summed E-state index contributed by atoms with van der Waals surface area (Å²) < 4.78 is 21.8. The van der Waals surface area contributed by atoms with Gasteiger partial charge in [0.1, 0.15) is 29.6 Å². The van der Waals surface area contributed by atoms with E-state index in [9.17, 15) is 9.59 Å². The summed E-state index contributed by atoms with van der Waals surface area (Å²) in [5.41, 5.74) is 1.28. The first-order chi connectivity index (χ1) is 19.9. The summed E-state index contributed by atoms with van der Waals surface area (Å²) in [7, 11) is 3.39. The first-order valence-electron chi connectivity index (χ1n) is 12.9. The molecule has 12 heteroatoms. The molecule has 0 radical (unpaired) electrons. The predicted molar refractivity (Wildman–Crippen MR) is 155 cm³/mol. The quantitative estimate of drug-likeness (QED) is 0.230. The van der Waals surface area contributed by atoms with E-state index in [0.29, 0.717) is 40.4 Å². The van der Waals surface area contributed by atoms with Crippen LogP contribution in [0, 0.1) is 6.92 Å². The van der Waals surface area contributed by atoms with Crippen LogP contribution in [0.2, 0.25) is 0 Å². The lowest BCUT2D eigenvalue weighted by atomic mass is 10.3. The van der Waals surface area contributed by atoms with Gasteiger partial charge in [-0.25, -0.2) is 4.68 Å². The number of amides is 1. The van der Waals surface area contributed by atoms with E-state index in [1.807, 2.05) is 65.2 Å². The first-order valence-corrected chi connectivity index (χ1v) is 13.8. The standard InChI is InChI=1S/C29H30N6O5S/c1-19-26(28(37)35(33(19)3)21-9-6-5-7-10-21)30-27(36)20(2)41-29-32-31-25(34(29)17-24-11-8-16-39-24)18-40-23-14-12-22(38-4)13-15-23/h5-16,20H,17-18H2,1-4H3,(H,30,36)/t20-/m0/s1. The summed E-state index contributed by atoms with van der Waals surface area (Å²) in [6.07, 6.45) is 1.60. The second kappa shape index (κ2) is 12.2. The number of methoxy groups -OCH3 is 1. The lowest BCUT2D eigenvalue weighted by Gasteiger charge is -2.13. The molecule has 5 rings (SSSR count). The van der Waals surface area contributed by atoms with Crippen LogP contribution in [0.1, 0.15) is 24.2 Å². The van der Waals surface area contributed by atoms with Gasteiger partial charge in [-0.2, -0.15) is 0 Å². The minimum atomic E-state index is -0.589. The van der Waals surface area contributed by atoms with Crippen LogP contribution in [0.4, 0.5) is 5.69 Å². The summed E-state index contributed by atoms with van der Waals surface area (Å²) in [6, 6.07) is 20.2. The minimum Gasteiger partial charge on any atom is -0.497 e. The average molecular weight is 575 g/mol. The van der Waals surface area contributed by atoms with Gasteiger partial charge in [-0.15, -0.1) is 10.2 Å². The summed E-state index contributed by atoms with van der Waals surface area (Å²) >= 11 is 1.23. The van der Waals surface area contributed by atoms with E-state index in [0.717, 1.165) is 5.75 Å². The van der Waals surface area contributed by atoms with Gasteiger partial charge >= 0.3 is 0 Å². The molecule has 0 fully saturated rings. The molecule has 0 unspecified atom stereocenters. The van der Waals surface area contributed by atoms with E-state index < -0.39 is 5.25 Å². The highest BCUT2D eigenvalue weighted by Gasteiger charge is 2.24. The number of thioether (sulfide) groups is 1. The van der Waals surface area contributed by atoms with E-state index >= 15 is 0 Å². The number of para-hydroxylation sites is 1. The van der Waals surface area contributed by atoms with Gasteiger partial charge in [0.25, 0.3) is 5.56 Å². The van der Waals surface area contributed by atoms with Gasteiger partial charge in [-0.05, 0) is 62.4 Å². The number of carbonyl (C=O) groups excluding carboxylic acids is 1. The monoisotopic (exact) mass is 574 g/mol. The predicted octanol–water partition coefficient (Wildman–Crippen LogP) is 4.42. The van der Waals surface area contributed by atoms with Gasteiger partial charge in [-0.1, -0.05) is 30.0 Å². The van der Waals surface area contributed by atoms with Gasteiger partial charge in [0.2, 0.25) is 5.91 Å². The number of hydrogen-bond acceptors (Lipinski definition) is 8. The molecule has 0 aliphatic carbocycles. The van der Waals surface area contributed by atoms with E-state index in [4.69, 9.17) is 13.9 Å². The molecule has 0 saturated carbocycles. The highest BCUT2D eigenvalue weighted by atomic mass is 32.2. The maximum atomic E-state index is 13.3. The molecule has 3 aromatic heterocycles. The van der Waals surface area contributed by atoms with Crippen LogP contribution in [-0.2, 0) is 25.0 Å². The summed E-state index contributed by atoms with van der Waals surface area (Å²) in [6.45, 7) is 4.07. The Labute approximate surface area is 240 Å². The maximum Gasteiger partial charge on any atom is 0.295 e. The Morgan fingerprint density at radius 2 is 1.78 bits per heavy atom. The van der Waals surface area contributed by atoms with Crippen LogP contribution in [0.15, 0.2) is 87.4 Å². The Kier molecular flexibility index (Phi) is 8.29. The third-order valence-corrected chi connectivity index (χ3v) is 7.65. The van der Waals surface area contributed by atoms with Crippen LogP contribution < -0.4 is 20.3 Å². The second-order valence-corrected chi connectivity index (χ2v) is 10.5. The largest absolute Gasteiger partial charge is 0.497 e. The van der Waals surface area contributed by atoms with Crippen molar-refractivity contribution < 1.29 is 18.7 Å². The van der Waals surface area contributed by atoms with Crippen molar-refractivity contribution in [2.75, 3.05) is 12.4 Å². The fourth-order valence-corrected chi connectivity index (χ4v) is 5.07. The fourth-order valence-electron chi connectivity index (χ4n) is 4.20. The van der Waals surface area contributed by atoms with Gasteiger partial charge in [0.15, 0.2) is 11.0 Å². The number of rotatable bonds is 11. The van der Waals surface area contributed by atoms with Crippen molar-refractivity contribution in [2.24, 2.45) is 7.05 Å². The molecule has 1 atom stereocenters. The third kappa shape index (κ3) is 6.07. The Morgan fingerprint density at radius 3 is 2.46 bits per heavy atom. The van der Waals surface area contributed by atoms with Crippen molar-refractivity contribution in [3.63, 3.8) is 0 Å². The molecule has 0 aliphatic rings. The van der Waals surface area contributed by atoms with Crippen molar-refractivity contribution in [1.82, 2.24) is 24.1 Å². The Morgan fingerprint density at radius 1 is 1.05 bits per heavy atom. The van der Waals surface area contributed by atoms with Gasteiger partial charge in [-0.3, -0.25) is 18.8 Å². The Bertz CT molecular complexity index is 1670. The number of carbonyl (C=O) groups is 1. The minimum absolute atomic E-state index is 0.156. The highest BCUT2D eigenvalue weighted by Crippen LogP contribution is 2.26. The number of aromatic nitrogens is 5. The molecule has 0 bridgehead atoms. The van der Waals surface area contributed by atoms with Crippen LogP contribution in [0.25, 0.3) is 5.69 Å². The molecule has 2 aromatic carbocycles. The van der Waals surface area contributed by atoms with Crippen molar-refractivity contribution >= 4 is 23.4 Å². The van der Waals surface area contributed by atoms with Crippen LogP contribution in [0.5, 0.6) is 11.5 Å². The SMILES string of the molecule is COc1ccc(OCc2nnc(S[C@@H](C)C(=O)Nc3c(C)n(C)n(-c4ccccc4)c3=O)n2Cc2ccco2)cc1. The normalized spacial score (nSPS) is 11.8. The number of anilines is 1. The molecule has 1 N–H and O–H groups in total. The molecule has 1 amide bonds. The molecule has 0 aliphatic heterocycles. The number of ether oxygens (including phenoxy) is 2. The third-order valence-electron chi connectivity index (χ3n) is 6.57. The smallest absolute Gasteiger partial charge is 0.295 e. The lowest BCUT2D eigenvalue weighted by molar-refractivity contribution is -0.115. The topological polar surface area (TPSA) is 118 Å². The van der Waals surface area contributed by atoms with Crippen molar-refractivity contribution in [3.05, 3.63) is 101 Å². The molecular weight excluding hydrogens is 544 g/mol. The van der Waals surface area contributed by atoms with E-state index in [1.54, 1.807) is 45.0 Å². The number of nitrogens with zero attached hydrogens (tertiary/aromatic N) is 5. The van der Waals surface area contributed by atoms with E-state index in [2.05, 4.69) is 15.5 Å². The first kappa shape index (κ1) is 27.8. The number of furan rings is 1. The van der Waals surface area contributed by atoms with E-state index in [1.165, 1.54) is 16.4 Å². The molecule has 3 heterocycles. The fraction of sp³-hybridized carbons (Fsp3) is 0.241. The lowest BCUT2D eigenvalue weighted by Crippen LogP contribution is -2.27. The van der Waals surface area contributed by atoms with Crippen LogP contribution in [-0.4, -0.2) is 42.4 Å². The Hall–Kier alpha value is -4.71. The zero-order chi connectivity index (χ0) is 28.9. The molecule has 212 valence electrons. The molecule has 5 aromatic rings. The molecule has 11 nitrogen and oxygen atoms in total. The average Bonchev–Trinajstić information content (AvgIpc) is 3.69. The highest BCUT2D eigenvalue weighted by molar-refractivity contribution is 8.00. The Balaban J connectivity index is 1.33. The van der Waals surface area contributed by atoms with E-state index in [-0.39, 0.29) is 23.8 Å². The second-order valence-electron chi connectivity index (χ2n) is 9.21.